The minimum Gasteiger partial charge on any atom is -0.505 e. The fourth-order valence-electron chi connectivity index (χ4n) is 1.52. The highest BCUT2D eigenvalue weighted by molar-refractivity contribution is 9.10. The molecule has 0 spiro atoms. The smallest absolute Gasteiger partial charge is 0.151 e. The quantitative estimate of drug-likeness (QED) is 0.926. The van der Waals surface area contributed by atoms with Gasteiger partial charge in [0.2, 0.25) is 0 Å². The van der Waals surface area contributed by atoms with E-state index in [0.717, 1.165) is 15.8 Å². The molecule has 18 heavy (non-hydrogen) atoms. The maximum Gasteiger partial charge on any atom is 0.151 e. The van der Waals surface area contributed by atoms with E-state index in [4.69, 9.17) is 10.00 Å². The lowest BCUT2D eigenvalue weighted by Gasteiger charge is -2.06. The summed E-state index contributed by atoms with van der Waals surface area (Å²) in [5.41, 5.74) is 1.65. The molecule has 1 N–H and O–H groups in total. The van der Waals surface area contributed by atoms with Crippen LogP contribution in [-0.2, 0) is 0 Å². The third-order valence-corrected chi connectivity index (χ3v) is 3.07. The van der Waals surface area contributed by atoms with E-state index < -0.39 is 0 Å². The first-order valence-electron chi connectivity index (χ1n) is 5.08. The largest absolute Gasteiger partial charge is 0.505 e. The summed E-state index contributed by atoms with van der Waals surface area (Å²) >= 11 is 3.39. The van der Waals surface area contributed by atoms with Crippen LogP contribution in [0.2, 0.25) is 0 Å². The number of nitrogens with zero attached hydrogens (tertiary/aromatic N) is 2. The molecule has 0 radical (unpaired) electrons. The Kier molecular flexibility index (Phi) is 3.49. The Bertz CT molecular complexity index is 635. The number of ether oxygens (including phenoxy) is 1. The first-order chi connectivity index (χ1) is 8.65. The molecule has 2 rings (SSSR count). The molecule has 1 heterocycles. The molecule has 0 atom stereocenters. The normalized spacial score (nSPS) is 9.83. The van der Waals surface area contributed by atoms with Crippen molar-refractivity contribution in [2.45, 2.75) is 0 Å². The van der Waals surface area contributed by atoms with Gasteiger partial charge in [0.05, 0.1) is 29.0 Å². The number of aromatic nitrogens is 1. The summed E-state index contributed by atoms with van der Waals surface area (Å²) in [5.74, 6) is 0.604. The molecular weight excluding hydrogens is 296 g/mol. The lowest BCUT2D eigenvalue weighted by atomic mass is 10.1. The fraction of sp³-hybridized carbons (Fsp3) is 0.0769. The zero-order chi connectivity index (χ0) is 13.1. The lowest BCUT2D eigenvalue weighted by molar-refractivity contribution is 0.412. The first-order valence-corrected chi connectivity index (χ1v) is 5.88. The number of methoxy groups -OCH3 is 1. The van der Waals surface area contributed by atoms with Crippen LogP contribution in [0.4, 0.5) is 0 Å². The van der Waals surface area contributed by atoms with Gasteiger partial charge in [-0.1, -0.05) is 0 Å². The van der Waals surface area contributed by atoms with Gasteiger partial charge in [0.25, 0.3) is 0 Å². The van der Waals surface area contributed by atoms with Crippen LogP contribution in [0.25, 0.3) is 11.3 Å². The molecule has 0 amide bonds. The predicted octanol–water partition coefficient (Wildman–Crippen LogP) is 3.10. The summed E-state index contributed by atoms with van der Waals surface area (Å²) in [4.78, 5) is 4.09. The van der Waals surface area contributed by atoms with Crippen molar-refractivity contribution in [2.75, 3.05) is 7.11 Å². The average molecular weight is 305 g/mol. The van der Waals surface area contributed by atoms with E-state index in [1.807, 2.05) is 18.2 Å². The Labute approximate surface area is 113 Å². The van der Waals surface area contributed by atoms with Crippen LogP contribution in [0, 0.1) is 11.3 Å². The van der Waals surface area contributed by atoms with Gasteiger partial charge in [-0.05, 0) is 40.2 Å². The van der Waals surface area contributed by atoms with Crippen LogP contribution in [0.15, 0.2) is 34.9 Å². The second-order valence-corrected chi connectivity index (χ2v) is 4.40. The van der Waals surface area contributed by atoms with E-state index in [1.165, 1.54) is 6.20 Å². The van der Waals surface area contributed by atoms with Crippen LogP contribution in [0.1, 0.15) is 5.56 Å². The molecule has 0 fully saturated rings. The maximum atomic E-state index is 9.40. The maximum absolute atomic E-state index is 9.40. The molecule has 1 aromatic heterocycles. The first kappa shape index (κ1) is 12.4. The summed E-state index contributed by atoms with van der Waals surface area (Å²) in [7, 11) is 1.59. The summed E-state index contributed by atoms with van der Waals surface area (Å²) < 4.78 is 5.94. The Morgan fingerprint density at radius 3 is 2.78 bits per heavy atom. The van der Waals surface area contributed by atoms with E-state index in [2.05, 4.69) is 20.9 Å². The molecule has 1 aromatic carbocycles. The standard InChI is InChI=1S/C13H9BrN2O2/c1-18-13-3-2-8(4-10(13)14)11-5-9(6-15)12(17)7-16-11/h2-5,7,17H,1H3. The molecule has 0 bridgehead atoms. The number of nitriles is 1. The molecule has 0 aliphatic heterocycles. The molecule has 0 aliphatic rings. The highest BCUT2D eigenvalue weighted by atomic mass is 79.9. The Morgan fingerprint density at radius 1 is 1.39 bits per heavy atom. The molecule has 2 aromatic rings. The molecule has 0 unspecified atom stereocenters. The summed E-state index contributed by atoms with van der Waals surface area (Å²) in [5, 5.41) is 18.3. The van der Waals surface area contributed by atoms with Gasteiger partial charge >= 0.3 is 0 Å². The van der Waals surface area contributed by atoms with Crippen molar-refractivity contribution in [1.82, 2.24) is 4.98 Å². The number of hydrogen-bond acceptors (Lipinski definition) is 4. The second-order valence-electron chi connectivity index (χ2n) is 3.55. The molecular formula is C13H9BrN2O2. The number of pyridine rings is 1. The number of rotatable bonds is 2. The van der Waals surface area contributed by atoms with Gasteiger partial charge in [-0.15, -0.1) is 0 Å². The van der Waals surface area contributed by atoms with Crippen molar-refractivity contribution in [3.8, 4) is 28.8 Å². The molecule has 0 saturated carbocycles. The van der Waals surface area contributed by atoms with Crippen molar-refractivity contribution in [2.24, 2.45) is 0 Å². The van der Waals surface area contributed by atoms with Crippen LogP contribution in [-0.4, -0.2) is 17.2 Å². The zero-order valence-corrected chi connectivity index (χ0v) is 11.1. The fourth-order valence-corrected chi connectivity index (χ4v) is 2.06. The van der Waals surface area contributed by atoms with Crippen molar-refractivity contribution < 1.29 is 9.84 Å². The Morgan fingerprint density at radius 2 is 2.17 bits per heavy atom. The highest BCUT2D eigenvalue weighted by Crippen LogP contribution is 2.30. The van der Waals surface area contributed by atoms with E-state index in [-0.39, 0.29) is 11.3 Å². The van der Waals surface area contributed by atoms with E-state index >= 15 is 0 Å². The van der Waals surface area contributed by atoms with Crippen LogP contribution in [0.3, 0.4) is 0 Å². The topological polar surface area (TPSA) is 66.1 Å². The number of benzene rings is 1. The zero-order valence-electron chi connectivity index (χ0n) is 9.51. The molecule has 0 saturated heterocycles. The van der Waals surface area contributed by atoms with Crippen LogP contribution >= 0.6 is 15.9 Å². The number of aromatic hydroxyl groups is 1. The monoisotopic (exact) mass is 304 g/mol. The van der Waals surface area contributed by atoms with Gasteiger partial charge in [-0.25, -0.2) is 0 Å². The van der Waals surface area contributed by atoms with Gasteiger partial charge in [-0.2, -0.15) is 5.26 Å². The minimum absolute atomic E-state index is 0.117. The molecule has 0 aliphatic carbocycles. The van der Waals surface area contributed by atoms with Gasteiger partial charge in [-0.3, -0.25) is 4.98 Å². The highest BCUT2D eigenvalue weighted by Gasteiger charge is 2.07. The predicted molar refractivity (Wildman–Crippen MR) is 70.3 cm³/mol. The summed E-state index contributed by atoms with van der Waals surface area (Å²) in [6.45, 7) is 0. The Hall–Kier alpha value is -2.06. The van der Waals surface area contributed by atoms with E-state index in [9.17, 15) is 5.11 Å². The van der Waals surface area contributed by atoms with Crippen LogP contribution < -0.4 is 4.74 Å². The van der Waals surface area contributed by atoms with Crippen LogP contribution in [0.5, 0.6) is 11.5 Å². The van der Waals surface area contributed by atoms with Gasteiger partial charge in [0.1, 0.15) is 11.8 Å². The summed E-state index contributed by atoms with van der Waals surface area (Å²) in [6, 6.07) is 8.95. The number of halogens is 1. The van der Waals surface area contributed by atoms with Crippen molar-refractivity contribution in [3.05, 3.63) is 40.5 Å². The van der Waals surface area contributed by atoms with Gasteiger partial charge < -0.3 is 9.84 Å². The molecule has 90 valence electrons. The van der Waals surface area contributed by atoms with Gasteiger partial charge in [0, 0.05) is 5.56 Å². The van der Waals surface area contributed by atoms with Crippen molar-refractivity contribution >= 4 is 15.9 Å². The second kappa shape index (κ2) is 5.07. The lowest BCUT2D eigenvalue weighted by Crippen LogP contribution is -1.88. The average Bonchev–Trinajstić information content (AvgIpc) is 2.39. The molecule has 5 heteroatoms. The Balaban J connectivity index is 2.49. The SMILES string of the molecule is COc1ccc(-c2cc(C#N)c(O)cn2)cc1Br. The van der Waals surface area contributed by atoms with E-state index in [1.54, 1.807) is 19.2 Å². The summed E-state index contributed by atoms with van der Waals surface area (Å²) in [6.07, 6.45) is 1.27. The van der Waals surface area contributed by atoms with Crippen molar-refractivity contribution in [1.29, 1.82) is 5.26 Å². The van der Waals surface area contributed by atoms with E-state index in [0.29, 0.717) is 5.69 Å². The van der Waals surface area contributed by atoms with Gasteiger partial charge in [0.15, 0.2) is 5.75 Å². The third-order valence-electron chi connectivity index (χ3n) is 2.45. The molecule has 4 nitrogen and oxygen atoms in total. The third kappa shape index (κ3) is 2.29. The number of hydrogen-bond donors (Lipinski definition) is 1. The van der Waals surface area contributed by atoms with Crippen molar-refractivity contribution in [3.63, 3.8) is 0 Å². The minimum atomic E-state index is -0.117.